The third-order valence-electron chi connectivity index (χ3n) is 2.92. The van der Waals surface area contributed by atoms with Gasteiger partial charge in [0.05, 0.1) is 12.6 Å². The van der Waals surface area contributed by atoms with Crippen LogP contribution >= 0.6 is 24.0 Å². The number of guanidine groups is 1. The van der Waals surface area contributed by atoms with Crippen molar-refractivity contribution >= 4 is 29.9 Å². The molecule has 1 rings (SSSR count). The normalized spacial score (nSPS) is 11.4. The van der Waals surface area contributed by atoms with Crippen molar-refractivity contribution in [1.29, 1.82) is 0 Å². The average molecular weight is 390 g/mol. The maximum Gasteiger partial charge on any atom is 0.191 e. The van der Waals surface area contributed by atoms with E-state index in [0.29, 0.717) is 6.04 Å². The molecule has 0 radical (unpaired) electrons. The summed E-state index contributed by atoms with van der Waals surface area (Å²) in [6.07, 6.45) is 0. The lowest BCUT2D eigenvalue weighted by molar-refractivity contribution is 0.306. The molecule has 0 heterocycles. The minimum Gasteiger partial charge on any atom is -0.357 e. The molecule has 0 aliphatic heterocycles. The molecule has 1 aromatic rings. The molecule has 0 saturated carbocycles. The highest BCUT2D eigenvalue weighted by Crippen LogP contribution is 2.17. The molecule has 114 valence electrons. The topological polar surface area (TPSA) is 39.7 Å². The van der Waals surface area contributed by atoms with Crippen molar-refractivity contribution in [3.63, 3.8) is 0 Å². The summed E-state index contributed by atoms with van der Waals surface area (Å²) in [6.45, 7) is 6.65. The van der Waals surface area contributed by atoms with Crippen LogP contribution in [-0.2, 0) is 0 Å². The van der Waals surface area contributed by atoms with Crippen molar-refractivity contribution in [3.8, 4) is 0 Å². The average Bonchev–Trinajstić information content (AvgIpc) is 2.40. The molecule has 0 saturated heterocycles. The first-order chi connectivity index (χ1) is 9.19. The predicted molar refractivity (Wildman–Crippen MR) is 97.9 cm³/mol. The number of nitrogens with zero attached hydrogens (tertiary/aromatic N) is 2. The van der Waals surface area contributed by atoms with E-state index in [4.69, 9.17) is 0 Å². The molecule has 0 bridgehead atoms. The molecule has 4 nitrogen and oxygen atoms in total. The zero-order valence-electron chi connectivity index (χ0n) is 12.9. The van der Waals surface area contributed by atoms with Crippen LogP contribution in [0.4, 0.5) is 0 Å². The SMILES string of the molecule is CCNC(=NCC(c1ccccc1)N(C)C)NCC.I. The van der Waals surface area contributed by atoms with E-state index in [1.807, 2.05) is 6.07 Å². The maximum absolute atomic E-state index is 4.65. The molecular weight excluding hydrogens is 363 g/mol. The van der Waals surface area contributed by atoms with E-state index in [9.17, 15) is 0 Å². The standard InChI is InChI=1S/C15H26N4.HI/c1-5-16-15(17-6-2)18-12-14(19(3)4)13-10-8-7-9-11-13;/h7-11,14H,5-6,12H2,1-4H3,(H2,16,17,18);1H. The molecule has 20 heavy (non-hydrogen) atoms. The van der Waals surface area contributed by atoms with Gasteiger partial charge in [-0.2, -0.15) is 0 Å². The highest BCUT2D eigenvalue weighted by Gasteiger charge is 2.13. The summed E-state index contributed by atoms with van der Waals surface area (Å²) in [6, 6.07) is 10.8. The van der Waals surface area contributed by atoms with Gasteiger partial charge in [-0.1, -0.05) is 30.3 Å². The summed E-state index contributed by atoms with van der Waals surface area (Å²) in [5.74, 6) is 0.882. The van der Waals surface area contributed by atoms with Gasteiger partial charge in [0.15, 0.2) is 5.96 Å². The quantitative estimate of drug-likeness (QED) is 0.446. The smallest absolute Gasteiger partial charge is 0.191 e. The molecular formula is C15H27IN4. The fourth-order valence-electron chi connectivity index (χ4n) is 1.93. The molecule has 0 fully saturated rings. The van der Waals surface area contributed by atoms with Crippen LogP contribution in [0.3, 0.4) is 0 Å². The van der Waals surface area contributed by atoms with Gasteiger partial charge >= 0.3 is 0 Å². The second-order valence-corrected chi connectivity index (χ2v) is 4.64. The van der Waals surface area contributed by atoms with Crippen LogP contribution in [0.25, 0.3) is 0 Å². The van der Waals surface area contributed by atoms with Crippen LogP contribution in [0.5, 0.6) is 0 Å². The Morgan fingerprint density at radius 2 is 1.65 bits per heavy atom. The van der Waals surface area contributed by atoms with Gasteiger partial charge in [-0.15, -0.1) is 24.0 Å². The number of benzene rings is 1. The molecule has 1 atom stereocenters. The molecule has 2 N–H and O–H groups in total. The van der Waals surface area contributed by atoms with Crippen LogP contribution in [0.1, 0.15) is 25.5 Å². The number of hydrogen-bond donors (Lipinski definition) is 2. The largest absolute Gasteiger partial charge is 0.357 e. The predicted octanol–water partition coefficient (Wildman–Crippen LogP) is 2.48. The Bertz CT molecular complexity index is 371. The van der Waals surface area contributed by atoms with E-state index in [1.165, 1.54) is 5.56 Å². The fraction of sp³-hybridized carbons (Fsp3) is 0.533. The van der Waals surface area contributed by atoms with Crippen molar-refractivity contribution in [2.24, 2.45) is 4.99 Å². The molecule has 5 heteroatoms. The molecule has 1 aromatic carbocycles. The van der Waals surface area contributed by atoms with E-state index >= 15 is 0 Å². The second-order valence-electron chi connectivity index (χ2n) is 4.64. The van der Waals surface area contributed by atoms with E-state index in [0.717, 1.165) is 25.6 Å². The zero-order chi connectivity index (χ0) is 14.1. The molecule has 0 spiro atoms. The van der Waals surface area contributed by atoms with Crippen LogP contribution in [-0.4, -0.2) is 44.6 Å². The minimum atomic E-state index is 0. The van der Waals surface area contributed by atoms with Gasteiger partial charge in [0.1, 0.15) is 0 Å². The Morgan fingerprint density at radius 1 is 1.10 bits per heavy atom. The monoisotopic (exact) mass is 390 g/mol. The van der Waals surface area contributed by atoms with E-state index in [1.54, 1.807) is 0 Å². The van der Waals surface area contributed by atoms with Crippen LogP contribution in [0.2, 0.25) is 0 Å². The van der Waals surface area contributed by atoms with Crippen molar-refractivity contribution in [1.82, 2.24) is 15.5 Å². The Labute approximate surface area is 140 Å². The Morgan fingerprint density at radius 3 is 2.10 bits per heavy atom. The fourth-order valence-corrected chi connectivity index (χ4v) is 1.93. The second kappa shape index (κ2) is 10.9. The van der Waals surface area contributed by atoms with Crippen molar-refractivity contribution in [3.05, 3.63) is 35.9 Å². The third kappa shape index (κ3) is 6.56. The van der Waals surface area contributed by atoms with Gasteiger partial charge in [0, 0.05) is 13.1 Å². The molecule has 0 aliphatic rings. The number of hydrogen-bond acceptors (Lipinski definition) is 2. The summed E-state index contributed by atoms with van der Waals surface area (Å²) in [4.78, 5) is 6.86. The first-order valence-electron chi connectivity index (χ1n) is 6.92. The van der Waals surface area contributed by atoms with Crippen LogP contribution < -0.4 is 10.6 Å². The highest BCUT2D eigenvalue weighted by molar-refractivity contribution is 14.0. The van der Waals surface area contributed by atoms with E-state index < -0.39 is 0 Å². The van der Waals surface area contributed by atoms with Gasteiger partial charge in [-0.05, 0) is 33.5 Å². The summed E-state index contributed by atoms with van der Waals surface area (Å²) >= 11 is 0. The Kier molecular flexibility index (Phi) is 10.5. The van der Waals surface area contributed by atoms with Gasteiger partial charge in [0.25, 0.3) is 0 Å². The molecule has 0 aliphatic carbocycles. The van der Waals surface area contributed by atoms with Gasteiger partial charge < -0.3 is 15.5 Å². The van der Waals surface area contributed by atoms with E-state index in [-0.39, 0.29) is 24.0 Å². The summed E-state index contributed by atoms with van der Waals surface area (Å²) in [7, 11) is 4.18. The van der Waals surface area contributed by atoms with Gasteiger partial charge in [0.2, 0.25) is 0 Å². The number of rotatable bonds is 6. The van der Waals surface area contributed by atoms with Crippen molar-refractivity contribution in [2.75, 3.05) is 33.7 Å². The lowest BCUT2D eigenvalue weighted by Crippen LogP contribution is -2.37. The summed E-state index contributed by atoms with van der Waals surface area (Å²) in [5.41, 5.74) is 1.29. The molecule has 0 aromatic heterocycles. The number of aliphatic imine (C=N–C) groups is 1. The van der Waals surface area contributed by atoms with Crippen molar-refractivity contribution in [2.45, 2.75) is 19.9 Å². The van der Waals surface area contributed by atoms with Crippen LogP contribution in [0.15, 0.2) is 35.3 Å². The van der Waals surface area contributed by atoms with Gasteiger partial charge in [-0.3, -0.25) is 4.99 Å². The number of halogens is 1. The zero-order valence-corrected chi connectivity index (χ0v) is 15.2. The third-order valence-corrected chi connectivity index (χ3v) is 2.92. The summed E-state index contributed by atoms with van der Waals surface area (Å²) < 4.78 is 0. The number of nitrogens with one attached hydrogen (secondary N) is 2. The lowest BCUT2D eigenvalue weighted by Gasteiger charge is -2.23. The molecule has 0 amide bonds. The Hall–Kier alpha value is -0.820. The van der Waals surface area contributed by atoms with Crippen molar-refractivity contribution < 1.29 is 0 Å². The lowest BCUT2D eigenvalue weighted by atomic mass is 10.1. The van der Waals surface area contributed by atoms with Gasteiger partial charge in [-0.25, -0.2) is 0 Å². The molecule has 1 unspecified atom stereocenters. The summed E-state index contributed by atoms with van der Waals surface area (Å²) in [5, 5.41) is 6.50. The Balaban J connectivity index is 0.00000361. The van der Waals surface area contributed by atoms with E-state index in [2.05, 4.69) is 72.7 Å². The van der Waals surface area contributed by atoms with Crippen LogP contribution in [0, 0.1) is 0 Å². The first-order valence-corrected chi connectivity index (χ1v) is 6.92. The minimum absolute atomic E-state index is 0. The highest BCUT2D eigenvalue weighted by atomic mass is 127. The maximum atomic E-state index is 4.65. The first kappa shape index (κ1) is 19.2. The number of likely N-dealkylation sites (N-methyl/N-ethyl adjacent to an activating group) is 1.